The molecule has 6 rings (SSSR count). The zero-order valence-electron chi connectivity index (χ0n) is 27.7. The van der Waals surface area contributed by atoms with Crippen molar-refractivity contribution in [3.8, 4) is 17.0 Å². The predicted octanol–water partition coefficient (Wildman–Crippen LogP) is 6.63. The number of benzene rings is 3. The molecule has 3 aromatic carbocycles. The molecule has 2 heterocycles. The lowest BCUT2D eigenvalue weighted by atomic mass is 9.80. The standard InChI is InChI=1S/C38H43ClN4O6/c1-47-26-38(46)20-11-10-18-33(38)43-27-40-34(35(43)29-14-6-3-7-15-29)36(44)42-22-21-41(37(45)49-25-28-12-4-2-5-13-28)24-30(42)19-23-48-32-17-9-8-16-31(32)39/h2-9,12-17,27,30,33,46H,10-11,18-26H2,1H3/t30-,33-,38-/m1/s1. The van der Waals surface area contributed by atoms with E-state index in [1.165, 1.54) is 0 Å². The number of hydrogen-bond acceptors (Lipinski definition) is 7. The van der Waals surface area contributed by atoms with Crippen molar-refractivity contribution < 1.29 is 28.9 Å². The molecule has 2 amide bonds. The van der Waals surface area contributed by atoms with Gasteiger partial charge in [-0.2, -0.15) is 0 Å². The lowest BCUT2D eigenvalue weighted by Gasteiger charge is -2.41. The maximum atomic E-state index is 14.6. The van der Waals surface area contributed by atoms with E-state index in [9.17, 15) is 14.7 Å². The predicted molar refractivity (Wildman–Crippen MR) is 187 cm³/mol. The summed E-state index contributed by atoms with van der Waals surface area (Å²) >= 11 is 6.34. The average Bonchev–Trinajstić information content (AvgIpc) is 3.57. The maximum absolute atomic E-state index is 14.6. The van der Waals surface area contributed by atoms with E-state index in [4.69, 9.17) is 30.8 Å². The Hall–Kier alpha value is -4.38. The largest absolute Gasteiger partial charge is 0.492 e. The van der Waals surface area contributed by atoms with Crippen LogP contribution >= 0.6 is 11.6 Å². The minimum atomic E-state index is -1.10. The van der Waals surface area contributed by atoms with Crippen LogP contribution in [0.2, 0.25) is 5.02 Å². The number of nitrogens with zero attached hydrogens (tertiary/aromatic N) is 4. The average molecular weight is 687 g/mol. The topological polar surface area (TPSA) is 106 Å². The zero-order chi connectivity index (χ0) is 34.2. The summed E-state index contributed by atoms with van der Waals surface area (Å²) in [6.45, 7) is 1.48. The van der Waals surface area contributed by atoms with Gasteiger partial charge >= 0.3 is 6.09 Å². The number of piperazine rings is 1. The minimum Gasteiger partial charge on any atom is -0.492 e. The molecule has 1 saturated heterocycles. The second kappa shape index (κ2) is 15.9. The van der Waals surface area contributed by atoms with E-state index in [1.54, 1.807) is 35.4 Å². The first-order valence-corrected chi connectivity index (χ1v) is 17.2. The zero-order valence-corrected chi connectivity index (χ0v) is 28.5. The first kappa shape index (κ1) is 34.5. The number of rotatable bonds is 11. The van der Waals surface area contributed by atoms with E-state index < -0.39 is 11.7 Å². The van der Waals surface area contributed by atoms with Crippen LogP contribution in [0.5, 0.6) is 5.75 Å². The normalized spacial score (nSPS) is 21.0. The van der Waals surface area contributed by atoms with E-state index in [0.29, 0.717) is 41.5 Å². The van der Waals surface area contributed by atoms with Crippen molar-refractivity contribution in [2.75, 3.05) is 40.0 Å². The fourth-order valence-corrected chi connectivity index (χ4v) is 7.20. The fourth-order valence-electron chi connectivity index (χ4n) is 7.01. The van der Waals surface area contributed by atoms with E-state index in [2.05, 4.69) is 0 Å². The summed E-state index contributed by atoms with van der Waals surface area (Å²) in [7, 11) is 1.59. The summed E-state index contributed by atoms with van der Waals surface area (Å²) in [5, 5.41) is 12.3. The smallest absolute Gasteiger partial charge is 0.410 e. The number of amides is 2. The summed E-state index contributed by atoms with van der Waals surface area (Å²) in [5.74, 6) is 0.307. The molecule has 49 heavy (non-hydrogen) atoms. The van der Waals surface area contributed by atoms with E-state index in [-0.39, 0.29) is 50.9 Å². The Kier molecular flexibility index (Phi) is 11.2. The third kappa shape index (κ3) is 7.93. The third-order valence-corrected chi connectivity index (χ3v) is 9.80. The van der Waals surface area contributed by atoms with E-state index >= 15 is 0 Å². The van der Waals surface area contributed by atoms with Crippen LogP contribution in [0.1, 0.15) is 54.2 Å². The highest BCUT2D eigenvalue weighted by molar-refractivity contribution is 6.32. The second-order valence-corrected chi connectivity index (χ2v) is 13.1. The highest BCUT2D eigenvalue weighted by Gasteiger charge is 2.43. The molecule has 1 N–H and O–H groups in total. The number of para-hydroxylation sites is 1. The van der Waals surface area contributed by atoms with Crippen molar-refractivity contribution in [3.05, 3.63) is 108 Å². The van der Waals surface area contributed by atoms with Crippen LogP contribution in [0.15, 0.2) is 91.3 Å². The molecule has 4 aromatic rings. The Morgan fingerprint density at radius 2 is 1.71 bits per heavy atom. The molecule has 1 aliphatic carbocycles. The van der Waals surface area contributed by atoms with Gasteiger partial charge < -0.3 is 33.7 Å². The van der Waals surface area contributed by atoms with Gasteiger partial charge in [0, 0.05) is 38.7 Å². The Morgan fingerprint density at radius 3 is 2.47 bits per heavy atom. The number of aromatic nitrogens is 2. The van der Waals surface area contributed by atoms with Crippen LogP contribution in [-0.4, -0.2) is 88.1 Å². The molecule has 2 aliphatic rings. The molecule has 0 bridgehead atoms. The molecular formula is C38H43ClN4O6. The van der Waals surface area contributed by atoms with E-state index in [0.717, 1.165) is 30.4 Å². The summed E-state index contributed by atoms with van der Waals surface area (Å²) in [6, 6.07) is 25.8. The summed E-state index contributed by atoms with van der Waals surface area (Å²) in [5.41, 5.74) is 1.59. The number of ether oxygens (including phenoxy) is 3. The number of halogens is 1. The highest BCUT2D eigenvalue weighted by atomic mass is 35.5. The summed E-state index contributed by atoms with van der Waals surface area (Å²) in [6.07, 6.45) is 4.86. The molecule has 0 unspecified atom stereocenters. The Labute approximate surface area is 292 Å². The Morgan fingerprint density at radius 1 is 0.980 bits per heavy atom. The van der Waals surface area contributed by atoms with Crippen molar-refractivity contribution in [3.63, 3.8) is 0 Å². The molecule has 2 fully saturated rings. The van der Waals surface area contributed by atoms with Crippen LogP contribution < -0.4 is 4.74 Å². The van der Waals surface area contributed by atoms with Gasteiger partial charge in [0.05, 0.1) is 42.3 Å². The molecule has 1 aliphatic heterocycles. The van der Waals surface area contributed by atoms with Crippen LogP contribution in [0.3, 0.4) is 0 Å². The fraction of sp³-hybridized carbons (Fsp3) is 0.395. The Balaban J connectivity index is 1.28. The molecule has 0 radical (unpaired) electrons. The molecular weight excluding hydrogens is 644 g/mol. The van der Waals surface area contributed by atoms with Crippen LogP contribution in [-0.2, 0) is 16.1 Å². The third-order valence-electron chi connectivity index (χ3n) is 9.48. The minimum absolute atomic E-state index is 0.160. The van der Waals surface area contributed by atoms with Gasteiger partial charge in [0.1, 0.15) is 18.0 Å². The van der Waals surface area contributed by atoms with Gasteiger partial charge in [-0.3, -0.25) is 4.79 Å². The van der Waals surface area contributed by atoms with Crippen molar-refractivity contribution in [2.45, 2.75) is 56.4 Å². The van der Waals surface area contributed by atoms with Gasteiger partial charge in [0.2, 0.25) is 0 Å². The van der Waals surface area contributed by atoms with Gasteiger partial charge in [-0.05, 0) is 30.5 Å². The van der Waals surface area contributed by atoms with Gasteiger partial charge in [0.15, 0.2) is 5.69 Å². The molecule has 0 spiro atoms. The van der Waals surface area contributed by atoms with Crippen molar-refractivity contribution in [2.24, 2.45) is 0 Å². The van der Waals surface area contributed by atoms with Crippen molar-refractivity contribution in [1.29, 1.82) is 0 Å². The lowest BCUT2D eigenvalue weighted by molar-refractivity contribution is -0.0893. The number of aliphatic hydroxyl groups is 1. The SMILES string of the molecule is COC[C@]1(O)CCCC[C@H]1n1cnc(C(=O)N2CCN(C(=O)OCc3ccccc3)C[C@H]2CCOc2ccccc2Cl)c1-c1ccccc1. The molecule has 10 nitrogen and oxygen atoms in total. The van der Waals surface area contributed by atoms with Gasteiger partial charge in [-0.15, -0.1) is 0 Å². The van der Waals surface area contributed by atoms with Crippen molar-refractivity contribution in [1.82, 2.24) is 19.4 Å². The molecule has 258 valence electrons. The van der Waals surface area contributed by atoms with Gasteiger partial charge in [-0.1, -0.05) is 97.2 Å². The van der Waals surface area contributed by atoms with Gasteiger partial charge in [0.25, 0.3) is 5.91 Å². The number of hydrogen-bond donors (Lipinski definition) is 1. The van der Waals surface area contributed by atoms with Crippen molar-refractivity contribution >= 4 is 23.6 Å². The summed E-state index contributed by atoms with van der Waals surface area (Å²) < 4.78 is 19.1. The number of methoxy groups -OCH3 is 1. The van der Waals surface area contributed by atoms with Crippen LogP contribution in [0.4, 0.5) is 4.79 Å². The monoisotopic (exact) mass is 686 g/mol. The maximum Gasteiger partial charge on any atom is 0.410 e. The number of imidazole rings is 1. The molecule has 1 saturated carbocycles. The number of carbonyl (C=O) groups excluding carboxylic acids is 2. The highest BCUT2D eigenvalue weighted by Crippen LogP contribution is 2.41. The van der Waals surface area contributed by atoms with Crippen LogP contribution in [0, 0.1) is 0 Å². The molecule has 11 heteroatoms. The lowest BCUT2D eigenvalue weighted by Crippen LogP contribution is -2.57. The Bertz CT molecular complexity index is 1700. The second-order valence-electron chi connectivity index (χ2n) is 12.7. The summed E-state index contributed by atoms with van der Waals surface area (Å²) in [4.78, 5) is 36.0. The molecule has 3 atom stereocenters. The first-order valence-electron chi connectivity index (χ1n) is 16.9. The van der Waals surface area contributed by atoms with Gasteiger partial charge in [-0.25, -0.2) is 9.78 Å². The number of carbonyl (C=O) groups is 2. The molecule has 1 aromatic heterocycles. The quantitative estimate of drug-likeness (QED) is 0.189. The van der Waals surface area contributed by atoms with Crippen LogP contribution in [0.25, 0.3) is 11.3 Å². The van der Waals surface area contributed by atoms with E-state index in [1.807, 2.05) is 77.4 Å². The first-order chi connectivity index (χ1) is 23.9.